The summed E-state index contributed by atoms with van der Waals surface area (Å²) in [7, 11) is 0. The first-order valence-corrected chi connectivity index (χ1v) is 27.5. The van der Waals surface area contributed by atoms with Gasteiger partial charge in [0.05, 0.1) is 0 Å². The molecule has 0 N–H and O–H groups in total. The van der Waals surface area contributed by atoms with Gasteiger partial charge in [0.2, 0.25) is 0 Å². The van der Waals surface area contributed by atoms with Crippen LogP contribution in [0.1, 0.15) is 316 Å². The molecule has 1 atom stereocenters. The maximum Gasteiger partial charge on any atom is 0.306 e. The molecule has 0 rings (SSSR count). The first-order chi connectivity index (χ1) is 30.0. The molecule has 0 aliphatic carbocycles. The Labute approximate surface area is 380 Å². The van der Waals surface area contributed by atoms with Crippen molar-refractivity contribution in [3.8, 4) is 0 Å². The Morgan fingerprint density at radius 3 is 0.656 bits per heavy atom. The fraction of sp³-hybridized carbons (Fsp3) is 0.945. The molecule has 0 aromatic heterocycles. The second kappa shape index (κ2) is 51.0. The van der Waals surface area contributed by atoms with Crippen LogP contribution in [0.4, 0.5) is 0 Å². The van der Waals surface area contributed by atoms with Crippen molar-refractivity contribution in [2.75, 3.05) is 13.2 Å². The second-order valence-corrected chi connectivity index (χ2v) is 18.9. The fourth-order valence-electron chi connectivity index (χ4n) is 8.45. The lowest BCUT2D eigenvalue weighted by molar-refractivity contribution is -0.167. The third-order valence-electron chi connectivity index (χ3n) is 12.6. The van der Waals surface area contributed by atoms with Gasteiger partial charge in [-0.25, -0.2) is 0 Å². The minimum atomic E-state index is -0.758. The van der Waals surface area contributed by atoms with E-state index in [9.17, 15) is 14.4 Å². The highest BCUT2D eigenvalue weighted by Gasteiger charge is 2.19. The van der Waals surface area contributed by atoms with Crippen molar-refractivity contribution in [2.45, 2.75) is 322 Å². The van der Waals surface area contributed by atoms with Crippen molar-refractivity contribution in [3.63, 3.8) is 0 Å². The molecular formula is C55H106O6. The van der Waals surface area contributed by atoms with Gasteiger partial charge < -0.3 is 14.2 Å². The zero-order valence-electron chi connectivity index (χ0n) is 41.5. The van der Waals surface area contributed by atoms with Gasteiger partial charge in [-0.3, -0.25) is 14.4 Å². The molecule has 0 spiro atoms. The van der Waals surface area contributed by atoms with E-state index in [0.29, 0.717) is 19.3 Å². The summed E-state index contributed by atoms with van der Waals surface area (Å²) in [6, 6.07) is 0. The van der Waals surface area contributed by atoms with E-state index >= 15 is 0 Å². The van der Waals surface area contributed by atoms with Crippen LogP contribution in [0.25, 0.3) is 0 Å². The molecule has 1 unspecified atom stereocenters. The Bertz CT molecular complexity index is 905. The van der Waals surface area contributed by atoms with Crippen molar-refractivity contribution >= 4 is 17.9 Å². The van der Waals surface area contributed by atoms with E-state index in [0.717, 1.165) is 57.8 Å². The van der Waals surface area contributed by atoms with Gasteiger partial charge in [0.25, 0.3) is 0 Å². The molecule has 0 aliphatic rings. The average molecular weight is 863 g/mol. The molecule has 6 heteroatoms. The summed E-state index contributed by atoms with van der Waals surface area (Å²) in [6.45, 7) is 6.61. The molecule has 0 radical (unpaired) electrons. The third kappa shape index (κ3) is 49.3. The molecule has 0 saturated heterocycles. The van der Waals surface area contributed by atoms with Gasteiger partial charge >= 0.3 is 17.9 Å². The lowest BCUT2D eigenvalue weighted by Crippen LogP contribution is -2.30. The van der Waals surface area contributed by atoms with E-state index in [-0.39, 0.29) is 31.1 Å². The van der Waals surface area contributed by atoms with Crippen LogP contribution in [0.5, 0.6) is 0 Å². The van der Waals surface area contributed by atoms with E-state index < -0.39 is 6.10 Å². The molecule has 6 nitrogen and oxygen atoms in total. The first-order valence-electron chi connectivity index (χ1n) is 27.5. The second-order valence-electron chi connectivity index (χ2n) is 18.9. The summed E-state index contributed by atoms with van der Waals surface area (Å²) in [5, 5.41) is 0. The number of esters is 3. The number of rotatable bonds is 51. The van der Waals surface area contributed by atoms with Gasteiger partial charge in [-0.1, -0.05) is 278 Å². The predicted octanol–water partition coefficient (Wildman–Crippen LogP) is 18.0. The summed E-state index contributed by atoms with van der Waals surface area (Å²) in [5.74, 6) is -0.856. The molecule has 0 saturated carbocycles. The zero-order chi connectivity index (χ0) is 44.4. The summed E-state index contributed by atoms with van der Waals surface area (Å²) >= 11 is 0. The Balaban J connectivity index is 3.91. The zero-order valence-corrected chi connectivity index (χ0v) is 41.5. The smallest absolute Gasteiger partial charge is 0.306 e. The van der Waals surface area contributed by atoms with E-state index in [4.69, 9.17) is 14.2 Å². The lowest BCUT2D eigenvalue weighted by Gasteiger charge is -2.18. The normalized spacial score (nSPS) is 11.9. The topological polar surface area (TPSA) is 78.9 Å². The van der Waals surface area contributed by atoms with E-state index in [1.807, 2.05) is 0 Å². The highest BCUT2D eigenvalue weighted by Crippen LogP contribution is 2.17. The number of hydrogen-bond acceptors (Lipinski definition) is 6. The number of ether oxygens (including phenoxy) is 3. The predicted molar refractivity (Wildman–Crippen MR) is 261 cm³/mol. The third-order valence-corrected chi connectivity index (χ3v) is 12.6. The van der Waals surface area contributed by atoms with E-state index in [2.05, 4.69) is 20.8 Å². The molecule has 0 bridgehead atoms. The maximum atomic E-state index is 12.7. The molecule has 0 aliphatic heterocycles. The largest absolute Gasteiger partial charge is 0.462 e. The van der Waals surface area contributed by atoms with Gasteiger partial charge in [-0.2, -0.15) is 0 Å². The highest BCUT2D eigenvalue weighted by atomic mass is 16.6. The fourth-order valence-corrected chi connectivity index (χ4v) is 8.45. The molecule has 362 valence electrons. The van der Waals surface area contributed by atoms with Gasteiger partial charge in [0.1, 0.15) is 13.2 Å². The van der Waals surface area contributed by atoms with Crippen LogP contribution in [0, 0.1) is 0 Å². The van der Waals surface area contributed by atoms with Gasteiger partial charge in [-0.05, 0) is 19.3 Å². The molecular weight excluding hydrogens is 757 g/mol. The Morgan fingerprint density at radius 2 is 0.443 bits per heavy atom. The van der Waals surface area contributed by atoms with Crippen molar-refractivity contribution in [3.05, 3.63) is 0 Å². The molecule has 0 amide bonds. The van der Waals surface area contributed by atoms with E-state index in [1.165, 1.54) is 218 Å². The van der Waals surface area contributed by atoms with Crippen molar-refractivity contribution < 1.29 is 28.6 Å². The standard InChI is InChI=1S/C55H106O6/c1-4-7-10-13-16-18-20-21-22-23-24-25-26-27-28-29-30-31-32-33-34-35-36-38-39-42-45-48-54(57)60-51-52(50-59-53(56)47-44-41-15-12-9-6-3)61-55(58)49-46-43-40-37-19-17-14-11-8-5-2/h52H,4-51H2,1-3H3. The summed E-state index contributed by atoms with van der Waals surface area (Å²) in [4.78, 5) is 37.6. The van der Waals surface area contributed by atoms with Crippen molar-refractivity contribution in [2.24, 2.45) is 0 Å². The van der Waals surface area contributed by atoms with Crippen LogP contribution in [0.15, 0.2) is 0 Å². The number of carbonyl (C=O) groups is 3. The molecule has 0 heterocycles. The average Bonchev–Trinajstić information content (AvgIpc) is 3.26. The molecule has 0 aromatic carbocycles. The lowest BCUT2D eigenvalue weighted by atomic mass is 10.0. The van der Waals surface area contributed by atoms with Crippen LogP contribution < -0.4 is 0 Å². The van der Waals surface area contributed by atoms with E-state index in [1.54, 1.807) is 0 Å². The summed E-state index contributed by atoms with van der Waals surface area (Å²) in [6.07, 6.45) is 55.8. The van der Waals surface area contributed by atoms with Gasteiger partial charge in [0.15, 0.2) is 6.10 Å². The Morgan fingerprint density at radius 1 is 0.262 bits per heavy atom. The quantitative estimate of drug-likeness (QED) is 0.0344. The van der Waals surface area contributed by atoms with Crippen LogP contribution in [-0.4, -0.2) is 37.2 Å². The number of hydrogen-bond donors (Lipinski definition) is 0. The van der Waals surface area contributed by atoms with Crippen LogP contribution in [0.3, 0.4) is 0 Å². The van der Waals surface area contributed by atoms with Crippen LogP contribution >= 0.6 is 0 Å². The summed E-state index contributed by atoms with van der Waals surface area (Å²) in [5.41, 5.74) is 0. The van der Waals surface area contributed by atoms with Crippen molar-refractivity contribution in [1.29, 1.82) is 0 Å². The molecule has 0 aromatic rings. The van der Waals surface area contributed by atoms with Crippen LogP contribution in [-0.2, 0) is 28.6 Å². The monoisotopic (exact) mass is 863 g/mol. The minimum absolute atomic E-state index is 0.0631. The maximum absolute atomic E-state index is 12.7. The summed E-state index contributed by atoms with van der Waals surface area (Å²) < 4.78 is 16.7. The Kier molecular flexibility index (Phi) is 49.7. The van der Waals surface area contributed by atoms with Crippen LogP contribution in [0.2, 0.25) is 0 Å². The van der Waals surface area contributed by atoms with Crippen molar-refractivity contribution in [1.82, 2.24) is 0 Å². The van der Waals surface area contributed by atoms with Gasteiger partial charge in [0, 0.05) is 19.3 Å². The number of carbonyl (C=O) groups excluding carboxylic acids is 3. The molecule has 61 heavy (non-hydrogen) atoms. The minimum Gasteiger partial charge on any atom is -0.462 e. The first kappa shape index (κ1) is 59.4. The SMILES string of the molecule is CCCCCCCCCCCCCCCCCCCCCCCCCCCCCC(=O)OCC(COC(=O)CCCCCCCC)OC(=O)CCCCCCCCCCCC. The number of unbranched alkanes of at least 4 members (excludes halogenated alkanes) is 40. The van der Waals surface area contributed by atoms with Gasteiger partial charge in [-0.15, -0.1) is 0 Å². The molecule has 0 fully saturated rings. The highest BCUT2D eigenvalue weighted by molar-refractivity contribution is 5.71. The Hall–Kier alpha value is -1.59.